The quantitative estimate of drug-likeness (QED) is 0.650. The molecule has 62 valence electrons. The van der Waals surface area contributed by atoms with Crippen molar-refractivity contribution in [2.45, 2.75) is 24.6 Å². The lowest BCUT2D eigenvalue weighted by Gasteiger charge is -2.13. The maximum atomic E-state index is 11.6. The first-order valence-electron chi connectivity index (χ1n) is 2.53. The number of nitrogens with one attached hydrogen (secondary N) is 1. The minimum Gasteiger partial charge on any atom is -0.245 e. The maximum Gasteiger partial charge on any atom is 0.479 e. The fraction of sp³-hybridized carbons (Fsp3) is 1.00. The Hall–Kier alpha value is -0.260. The highest BCUT2D eigenvalue weighted by Gasteiger charge is 2.43. The average Bonchev–Trinajstić information content (AvgIpc) is 1.62. The number of hydrogen-bond acceptors (Lipinski definition) is 2. The second kappa shape index (κ2) is 2.41. The summed E-state index contributed by atoms with van der Waals surface area (Å²) >= 11 is 0. The molecule has 0 bridgehead atoms. The average molecular weight is 175 g/mol. The van der Waals surface area contributed by atoms with Gasteiger partial charge in [0.1, 0.15) is 9.73 Å². The van der Waals surface area contributed by atoms with Gasteiger partial charge >= 0.3 is 5.51 Å². The molecule has 0 unspecified atom stereocenters. The van der Waals surface area contributed by atoms with E-state index in [2.05, 4.69) is 0 Å². The first-order chi connectivity index (χ1) is 4.19. The summed E-state index contributed by atoms with van der Waals surface area (Å²) in [6.45, 7) is 2.23. The summed E-state index contributed by atoms with van der Waals surface area (Å²) in [5, 5.41) is -1.17. The van der Waals surface area contributed by atoms with Crippen molar-refractivity contribution in [3.05, 3.63) is 0 Å². The smallest absolute Gasteiger partial charge is 0.245 e. The Morgan fingerprint density at radius 2 is 1.70 bits per heavy atom. The number of alkyl halides is 3. The molecular weight excluding hydrogens is 167 g/mol. The number of rotatable bonds is 1. The zero-order valence-corrected chi connectivity index (χ0v) is 6.34. The summed E-state index contributed by atoms with van der Waals surface area (Å²) in [5.41, 5.74) is -4.89. The van der Waals surface area contributed by atoms with E-state index in [1.165, 1.54) is 0 Å². The van der Waals surface area contributed by atoms with Crippen molar-refractivity contribution in [3.63, 3.8) is 0 Å². The minimum absolute atomic E-state index is 1.11. The molecule has 0 aliphatic heterocycles. The molecule has 0 rings (SSSR count). The number of hydrogen-bond donors (Lipinski definition) is 1. The van der Waals surface area contributed by atoms with Gasteiger partial charge in [0.05, 0.1) is 0 Å². The molecule has 0 radical (unpaired) electrons. The first kappa shape index (κ1) is 9.74. The van der Waals surface area contributed by atoms with E-state index in [9.17, 15) is 17.4 Å². The molecule has 0 spiro atoms. The third-order valence-corrected chi connectivity index (χ3v) is 3.02. The summed E-state index contributed by atoms with van der Waals surface area (Å²) < 4.78 is 51.7. The van der Waals surface area contributed by atoms with Crippen molar-refractivity contribution in [1.82, 2.24) is 0 Å². The van der Waals surface area contributed by atoms with Crippen LogP contribution in [0.1, 0.15) is 13.8 Å². The summed E-state index contributed by atoms with van der Waals surface area (Å²) in [6.07, 6.45) is 0. The van der Waals surface area contributed by atoms with Crippen LogP contribution >= 0.6 is 0 Å². The van der Waals surface area contributed by atoms with Crippen molar-refractivity contribution in [2.75, 3.05) is 0 Å². The Kier molecular flexibility index (Phi) is 2.35. The zero-order chi connectivity index (χ0) is 8.58. The third kappa shape index (κ3) is 1.62. The molecule has 0 aliphatic carbocycles. The summed E-state index contributed by atoms with van der Waals surface area (Å²) in [4.78, 5) is 0. The van der Waals surface area contributed by atoms with E-state index in [1.54, 1.807) is 0 Å². The van der Waals surface area contributed by atoms with Gasteiger partial charge in [0.2, 0.25) is 0 Å². The predicted molar refractivity (Wildman–Crippen MR) is 32.1 cm³/mol. The van der Waals surface area contributed by atoms with Crippen molar-refractivity contribution < 1.29 is 17.4 Å². The molecular formula is C4H8F3NOS. The Bertz CT molecular complexity index is 203. The third-order valence-electron chi connectivity index (χ3n) is 1.01. The maximum absolute atomic E-state index is 11.6. The van der Waals surface area contributed by atoms with Crippen molar-refractivity contribution in [1.29, 1.82) is 4.78 Å². The molecule has 10 heavy (non-hydrogen) atoms. The van der Waals surface area contributed by atoms with Crippen LogP contribution in [0.5, 0.6) is 0 Å². The lowest BCUT2D eigenvalue weighted by molar-refractivity contribution is -0.0412. The number of halogens is 3. The highest BCUT2D eigenvalue weighted by molar-refractivity contribution is 7.93. The summed E-state index contributed by atoms with van der Waals surface area (Å²) in [6, 6.07) is 0. The molecule has 6 heteroatoms. The summed E-state index contributed by atoms with van der Waals surface area (Å²) in [7, 11) is -4.41. The molecule has 0 saturated carbocycles. The Labute approximate surface area is 57.4 Å². The Morgan fingerprint density at radius 1 is 1.40 bits per heavy atom. The van der Waals surface area contributed by atoms with Gasteiger partial charge in [-0.05, 0) is 13.8 Å². The van der Waals surface area contributed by atoms with Crippen LogP contribution < -0.4 is 0 Å². The van der Waals surface area contributed by atoms with Gasteiger partial charge in [0, 0.05) is 5.25 Å². The van der Waals surface area contributed by atoms with E-state index in [0.717, 1.165) is 13.8 Å². The van der Waals surface area contributed by atoms with Crippen molar-refractivity contribution in [2.24, 2.45) is 0 Å². The Balaban J connectivity index is 4.79. The molecule has 0 heterocycles. The van der Waals surface area contributed by atoms with Gasteiger partial charge in [-0.25, -0.2) is 8.99 Å². The van der Waals surface area contributed by atoms with Gasteiger partial charge in [-0.3, -0.25) is 0 Å². The van der Waals surface area contributed by atoms with E-state index < -0.39 is 20.5 Å². The van der Waals surface area contributed by atoms with Crippen molar-refractivity contribution in [3.8, 4) is 0 Å². The van der Waals surface area contributed by atoms with Gasteiger partial charge in [-0.1, -0.05) is 0 Å². The van der Waals surface area contributed by atoms with Crippen LogP contribution in [0.25, 0.3) is 0 Å². The van der Waals surface area contributed by atoms with Crippen LogP contribution in [0.3, 0.4) is 0 Å². The van der Waals surface area contributed by atoms with Gasteiger partial charge in [-0.2, -0.15) is 13.2 Å². The summed E-state index contributed by atoms with van der Waals surface area (Å²) in [5.74, 6) is 0. The SMILES string of the molecule is CC(C)[S@](=N)(=O)C(F)(F)F. The monoisotopic (exact) mass is 175 g/mol. The molecule has 2 nitrogen and oxygen atoms in total. The molecule has 0 aromatic carbocycles. The second-order valence-electron chi connectivity index (χ2n) is 2.10. The topological polar surface area (TPSA) is 40.9 Å². The lowest BCUT2D eigenvalue weighted by Crippen LogP contribution is -2.29. The van der Waals surface area contributed by atoms with E-state index >= 15 is 0 Å². The molecule has 0 aromatic heterocycles. The van der Waals surface area contributed by atoms with Crippen LogP contribution in [0, 0.1) is 4.78 Å². The van der Waals surface area contributed by atoms with Gasteiger partial charge < -0.3 is 0 Å². The highest BCUT2D eigenvalue weighted by Crippen LogP contribution is 2.27. The molecule has 0 amide bonds. The van der Waals surface area contributed by atoms with Crippen LogP contribution in [0.15, 0.2) is 0 Å². The van der Waals surface area contributed by atoms with Crippen LogP contribution in [0.2, 0.25) is 0 Å². The lowest BCUT2D eigenvalue weighted by atomic mass is 10.6. The largest absolute Gasteiger partial charge is 0.479 e. The fourth-order valence-corrected chi connectivity index (χ4v) is 0.802. The van der Waals surface area contributed by atoms with E-state index in [-0.39, 0.29) is 0 Å². The van der Waals surface area contributed by atoms with Crippen molar-refractivity contribution >= 4 is 9.73 Å². The molecule has 0 aliphatic rings. The van der Waals surface area contributed by atoms with Crippen LogP contribution in [-0.2, 0) is 9.73 Å². The van der Waals surface area contributed by atoms with Crippen LogP contribution in [-0.4, -0.2) is 15.0 Å². The van der Waals surface area contributed by atoms with Gasteiger partial charge in [0.25, 0.3) is 0 Å². The first-order valence-corrected chi connectivity index (χ1v) is 4.15. The standard InChI is InChI=1S/C4H8F3NOS/c1-3(2)10(8,9)4(5,6)7/h3,8H,1-2H3/t10-/m0/s1. The zero-order valence-electron chi connectivity index (χ0n) is 5.53. The fourth-order valence-electron chi connectivity index (χ4n) is 0.267. The minimum atomic E-state index is -4.89. The highest BCUT2D eigenvalue weighted by atomic mass is 32.2. The molecule has 1 atom stereocenters. The van der Waals surface area contributed by atoms with Gasteiger partial charge in [0.15, 0.2) is 0 Å². The van der Waals surface area contributed by atoms with E-state index in [1.807, 2.05) is 0 Å². The Morgan fingerprint density at radius 3 is 1.70 bits per heavy atom. The van der Waals surface area contributed by atoms with Gasteiger partial charge in [-0.15, -0.1) is 0 Å². The normalized spacial score (nSPS) is 19.0. The molecule has 0 aromatic rings. The molecule has 0 fully saturated rings. The second-order valence-corrected chi connectivity index (χ2v) is 4.70. The van der Waals surface area contributed by atoms with E-state index in [0.29, 0.717) is 0 Å². The molecule has 0 saturated heterocycles. The predicted octanol–water partition coefficient (Wildman–Crippen LogP) is 1.96. The van der Waals surface area contributed by atoms with E-state index in [4.69, 9.17) is 4.78 Å². The van der Waals surface area contributed by atoms with Crippen LogP contribution in [0.4, 0.5) is 13.2 Å². The molecule has 1 N–H and O–H groups in total.